The third-order valence-electron chi connectivity index (χ3n) is 4.05. The number of hydrogen-bond donors (Lipinski definition) is 2. The van der Waals surface area contributed by atoms with Crippen LogP contribution in [0.5, 0.6) is 0 Å². The zero-order valence-corrected chi connectivity index (χ0v) is 16.4. The number of amides is 2. The lowest BCUT2D eigenvalue weighted by molar-refractivity contribution is -0.120. The number of carbonyl (C=O) groups excluding carboxylic acids is 2. The van der Waals surface area contributed by atoms with E-state index in [1.807, 2.05) is 61.5 Å². The molecule has 0 radical (unpaired) electrons. The highest BCUT2D eigenvalue weighted by molar-refractivity contribution is 9.10. The third kappa shape index (κ3) is 4.83. The fourth-order valence-electron chi connectivity index (χ4n) is 2.62. The smallest absolute Gasteiger partial charge is 0.255 e. The van der Waals surface area contributed by atoms with Crippen LogP contribution in [0.4, 0.5) is 0 Å². The Morgan fingerprint density at radius 3 is 2.59 bits per heavy atom. The largest absolute Gasteiger partial charge is 0.350 e. The van der Waals surface area contributed by atoms with Crippen LogP contribution in [-0.2, 0) is 11.3 Å². The van der Waals surface area contributed by atoms with Gasteiger partial charge in [-0.2, -0.15) is 5.10 Å². The SMILES string of the molecule is Cc1c(C(=O)NCC(=O)NCc2ccccc2)cnn1-c1cccc(Br)c1. The highest BCUT2D eigenvalue weighted by Gasteiger charge is 2.16. The van der Waals surface area contributed by atoms with Crippen molar-refractivity contribution in [3.8, 4) is 5.69 Å². The zero-order chi connectivity index (χ0) is 19.2. The van der Waals surface area contributed by atoms with Gasteiger partial charge >= 0.3 is 0 Å². The number of rotatable bonds is 6. The van der Waals surface area contributed by atoms with Gasteiger partial charge < -0.3 is 10.6 Å². The Morgan fingerprint density at radius 1 is 1.07 bits per heavy atom. The van der Waals surface area contributed by atoms with E-state index in [2.05, 4.69) is 31.7 Å². The van der Waals surface area contributed by atoms with Crippen molar-refractivity contribution in [2.24, 2.45) is 0 Å². The molecule has 1 aromatic heterocycles. The van der Waals surface area contributed by atoms with Gasteiger partial charge in [0.1, 0.15) is 0 Å². The van der Waals surface area contributed by atoms with Crippen molar-refractivity contribution in [3.63, 3.8) is 0 Å². The molecule has 138 valence electrons. The molecular weight excluding hydrogens is 408 g/mol. The summed E-state index contributed by atoms with van der Waals surface area (Å²) in [6.45, 7) is 2.15. The maximum absolute atomic E-state index is 12.4. The van der Waals surface area contributed by atoms with E-state index in [9.17, 15) is 9.59 Å². The lowest BCUT2D eigenvalue weighted by atomic mass is 10.2. The van der Waals surface area contributed by atoms with Gasteiger partial charge in [0.2, 0.25) is 5.91 Å². The molecule has 0 atom stereocenters. The van der Waals surface area contributed by atoms with Crippen molar-refractivity contribution in [1.82, 2.24) is 20.4 Å². The molecule has 0 bridgehead atoms. The summed E-state index contributed by atoms with van der Waals surface area (Å²) in [7, 11) is 0. The summed E-state index contributed by atoms with van der Waals surface area (Å²) < 4.78 is 2.62. The summed E-state index contributed by atoms with van der Waals surface area (Å²) in [5.74, 6) is -0.576. The van der Waals surface area contributed by atoms with Gasteiger partial charge in [0.05, 0.1) is 29.7 Å². The van der Waals surface area contributed by atoms with E-state index >= 15 is 0 Å². The average molecular weight is 427 g/mol. The lowest BCUT2D eigenvalue weighted by Gasteiger charge is -2.08. The molecule has 0 unspecified atom stereocenters. The Hall–Kier alpha value is -2.93. The Balaban J connectivity index is 1.58. The topological polar surface area (TPSA) is 76.0 Å². The standard InChI is InChI=1S/C20H19BrN4O2/c1-14-18(12-24-25(14)17-9-5-8-16(21)10-17)20(27)23-13-19(26)22-11-15-6-3-2-4-7-15/h2-10,12H,11,13H2,1H3,(H,22,26)(H,23,27). The molecule has 0 spiro atoms. The first-order valence-corrected chi connectivity index (χ1v) is 9.23. The van der Waals surface area contributed by atoms with E-state index in [4.69, 9.17) is 0 Å². The van der Waals surface area contributed by atoms with Crippen LogP contribution < -0.4 is 10.6 Å². The molecule has 2 N–H and O–H groups in total. The minimum atomic E-state index is -0.330. The Kier molecular flexibility index (Phi) is 6.03. The van der Waals surface area contributed by atoms with Gasteiger partial charge in [0.25, 0.3) is 5.91 Å². The molecule has 7 heteroatoms. The van der Waals surface area contributed by atoms with Crippen LogP contribution in [0.1, 0.15) is 21.6 Å². The first-order valence-electron chi connectivity index (χ1n) is 8.44. The summed E-state index contributed by atoms with van der Waals surface area (Å²) >= 11 is 3.43. The first-order chi connectivity index (χ1) is 13.0. The van der Waals surface area contributed by atoms with Crippen molar-refractivity contribution < 1.29 is 9.59 Å². The second kappa shape index (κ2) is 8.64. The quantitative estimate of drug-likeness (QED) is 0.635. The molecule has 6 nitrogen and oxygen atoms in total. The number of aromatic nitrogens is 2. The maximum Gasteiger partial charge on any atom is 0.255 e. The van der Waals surface area contributed by atoms with Crippen molar-refractivity contribution in [3.05, 3.63) is 82.1 Å². The molecule has 1 heterocycles. The lowest BCUT2D eigenvalue weighted by Crippen LogP contribution is -2.36. The second-order valence-electron chi connectivity index (χ2n) is 5.98. The summed E-state index contributed by atoms with van der Waals surface area (Å²) in [4.78, 5) is 24.4. The number of nitrogens with one attached hydrogen (secondary N) is 2. The fraction of sp³-hybridized carbons (Fsp3) is 0.150. The molecule has 0 fully saturated rings. The molecule has 0 aliphatic heterocycles. The van der Waals surface area contributed by atoms with Crippen LogP contribution >= 0.6 is 15.9 Å². The maximum atomic E-state index is 12.4. The molecule has 2 aromatic carbocycles. The van der Waals surface area contributed by atoms with Gasteiger partial charge in [-0.05, 0) is 30.7 Å². The molecular formula is C20H19BrN4O2. The molecule has 0 saturated heterocycles. The normalized spacial score (nSPS) is 10.4. The van der Waals surface area contributed by atoms with Crippen LogP contribution in [-0.4, -0.2) is 28.1 Å². The highest BCUT2D eigenvalue weighted by Crippen LogP contribution is 2.18. The minimum absolute atomic E-state index is 0.0901. The van der Waals surface area contributed by atoms with E-state index in [-0.39, 0.29) is 18.4 Å². The number of carbonyl (C=O) groups is 2. The first kappa shape index (κ1) is 18.8. The van der Waals surface area contributed by atoms with Gasteiger partial charge in [0, 0.05) is 11.0 Å². The summed E-state index contributed by atoms with van der Waals surface area (Å²) in [6, 6.07) is 17.2. The molecule has 3 rings (SSSR count). The molecule has 0 saturated carbocycles. The highest BCUT2D eigenvalue weighted by atomic mass is 79.9. The molecule has 0 aliphatic rings. The second-order valence-corrected chi connectivity index (χ2v) is 6.90. The summed E-state index contributed by atoms with van der Waals surface area (Å²) in [6.07, 6.45) is 1.51. The van der Waals surface area contributed by atoms with Crippen molar-refractivity contribution >= 4 is 27.7 Å². The van der Waals surface area contributed by atoms with Crippen molar-refractivity contribution in [2.75, 3.05) is 6.54 Å². The zero-order valence-electron chi connectivity index (χ0n) is 14.8. The number of nitrogens with zero attached hydrogens (tertiary/aromatic N) is 2. The van der Waals surface area contributed by atoms with Gasteiger partial charge in [0.15, 0.2) is 0 Å². The predicted molar refractivity (Wildman–Crippen MR) is 107 cm³/mol. The minimum Gasteiger partial charge on any atom is -0.350 e. The van der Waals surface area contributed by atoms with Crippen molar-refractivity contribution in [1.29, 1.82) is 0 Å². The molecule has 2 amide bonds. The van der Waals surface area contributed by atoms with E-state index in [1.54, 1.807) is 4.68 Å². The van der Waals surface area contributed by atoms with E-state index < -0.39 is 0 Å². The van der Waals surface area contributed by atoms with E-state index in [1.165, 1.54) is 6.20 Å². The van der Waals surface area contributed by atoms with Crippen molar-refractivity contribution in [2.45, 2.75) is 13.5 Å². The Labute approximate surface area is 165 Å². The van der Waals surface area contributed by atoms with Gasteiger partial charge in [-0.1, -0.05) is 52.3 Å². The third-order valence-corrected chi connectivity index (χ3v) is 4.54. The van der Waals surface area contributed by atoms with E-state index in [0.29, 0.717) is 17.8 Å². The molecule has 27 heavy (non-hydrogen) atoms. The van der Waals surface area contributed by atoms with Gasteiger partial charge in [-0.15, -0.1) is 0 Å². The van der Waals surface area contributed by atoms with Crippen LogP contribution in [0.25, 0.3) is 5.69 Å². The molecule has 0 aliphatic carbocycles. The van der Waals surface area contributed by atoms with E-state index in [0.717, 1.165) is 15.7 Å². The average Bonchev–Trinajstić information content (AvgIpc) is 3.07. The van der Waals surface area contributed by atoms with Crippen LogP contribution in [0, 0.1) is 6.92 Å². The van der Waals surface area contributed by atoms with Gasteiger partial charge in [-0.3, -0.25) is 9.59 Å². The Morgan fingerprint density at radius 2 is 1.85 bits per heavy atom. The number of hydrogen-bond acceptors (Lipinski definition) is 3. The number of benzene rings is 2. The predicted octanol–water partition coefficient (Wildman–Crippen LogP) is 2.99. The fourth-order valence-corrected chi connectivity index (χ4v) is 3.00. The monoisotopic (exact) mass is 426 g/mol. The van der Waals surface area contributed by atoms with Crippen LogP contribution in [0.15, 0.2) is 65.3 Å². The van der Waals surface area contributed by atoms with Crippen LogP contribution in [0.2, 0.25) is 0 Å². The van der Waals surface area contributed by atoms with Gasteiger partial charge in [-0.25, -0.2) is 4.68 Å². The summed E-state index contributed by atoms with van der Waals surface area (Å²) in [5, 5.41) is 9.70. The summed E-state index contributed by atoms with van der Waals surface area (Å²) in [5.41, 5.74) is 2.99. The van der Waals surface area contributed by atoms with Crippen LogP contribution in [0.3, 0.4) is 0 Å². The molecule has 3 aromatic rings. The Bertz CT molecular complexity index is 954. The number of halogens is 1.